The summed E-state index contributed by atoms with van der Waals surface area (Å²) in [6.07, 6.45) is 7.78. The molecule has 4 aliphatic carbocycles. The Morgan fingerprint density at radius 2 is 1.83 bits per heavy atom. The molecule has 4 saturated carbocycles. The van der Waals surface area contributed by atoms with E-state index in [0.29, 0.717) is 23.8 Å². The number of carbonyl (C=O) groups excluding carboxylic acids is 1. The van der Waals surface area contributed by atoms with Crippen molar-refractivity contribution >= 4 is 5.91 Å². The highest BCUT2D eigenvalue weighted by Crippen LogP contribution is 2.69. The first kappa shape index (κ1) is 11.3. The van der Waals surface area contributed by atoms with E-state index in [9.17, 15) is 4.79 Å². The van der Waals surface area contributed by atoms with E-state index in [1.165, 1.54) is 32.1 Å². The second-order valence-electron chi connectivity index (χ2n) is 7.11. The Balaban J connectivity index is 1.30. The van der Waals surface area contributed by atoms with Gasteiger partial charge in [0.25, 0.3) is 0 Å². The monoisotopic (exact) mass is 248 g/mol. The summed E-state index contributed by atoms with van der Waals surface area (Å²) in [4.78, 5) is 12.2. The highest BCUT2D eigenvalue weighted by atomic mass is 16.2. The summed E-state index contributed by atoms with van der Waals surface area (Å²) in [5, 5.41) is 3.20. The van der Waals surface area contributed by atoms with E-state index in [1.807, 2.05) is 0 Å². The summed E-state index contributed by atoms with van der Waals surface area (Å²) in [6, 6.07) is 0.320. The zero-order valence-electron chi connectivity index (χ0n) is 11.0. The van der Waals surface area contributed by atoms with Gasteiger partial charge in [0.1, 0.15) is 0 Å². The second-order valence-corrected chi connectivity index (χ2v) is 7.11. The standard InChI is InChI=1S/C15H24N2O/c16-11-3-1-2-10(11)7-17-15(18)14-12-8-4-5-9(6-8)13(12)14/h8-14H,1-7,16H2,(H,17,18). The lowest BCUT2D eigenvalue weighted by atomic mass is 10.0. The van der Waals surface area contributed by atoms with Crippen LogP contribution >= 0.6 is 0 Å². The third-order valence-electron chi connectivity index (χ3n) is 6.29. The zero-order valence-corrected chi connectivity index (χ0v) is 11.0. The fourth-order valence-corrected chi connectivity index (χ4v) is 5.34. The van der Waals surface area contributed by atoms with Gasteiger partial charge in [-0.3, -0.25) is 4.79 Å². The van der Waals surface area contributed by atoms with E-state index >= 15 is 0 Å². The van der Waals surface area contributed by atoms with E-state index in [0.717, 1.165) is 36.6 Å². The fourth-order valence-electron chi connectivity index (χ4n) is 5.34. The predicted molar refractivity (Wildman–Crippen MR) is 69.6 cm³/mol. The molecule has 6 unspecified atom stereocenters. The van der Waals surface area contributed by atoms with E-state index in [1.54, 1.807) is 0 Å². The molecule has 3 heteroatoms. The summed E-state index contributed by atoms with van der Waals surface area (Å²) < 4.78 is 0. The van der Waals surface area contributed by atoms with Crippen LogP contribution < -0.4 is 11.1 Å². The number of hydrogen-bond acceptors (Lipinski definition) is 2. The van der Waals surface area contributed by atoms with Gasteiger partial charge in [-0.05, 0) is 61.7 Å². The lowest BCUT2D eigenvalue weighted by molar-refractivity contribution is -0.123. The molecule has 0 aliphatic heterocycles. The maximum Gasteiger partial charge on any atom is 0.223 e. The number of nitrogens with two attached hydrogens (primary N) is 1. The van der Waals surface area contributed by atoms with E-state index in [4.69, 9.17) is 5.73 Å². The topological polar surface area (TPSA) is 55.1 Å². The van der Waals surface area contributed by atoms with Crippen LogP contribution in [0.4, 0.5) is 0 Å². The number of fused-ring (bicyclic) bond motifs is 5. The molecule has 4 fully saturated rings. The number of rotatable bonds is 3. The molecule has 18 heavy (non-hydrogen) atoms. The first-order valence-corrected chi connectivity index (χ1v) is 7.79. The van der Waals surface area contributed by atoms with Crippen LogP contribution in [0.25, 0.3) is 0 Å². The second kappa shape index (κ2) is 3.96. The van der Waals surface area contributed by atoms with Crippen molar-refractivity contribution < 1.29 is 4.79 Å². The van der Waals surface area contributed by atoms with Gasteiger partial charge in [0.05, 0.1) is 0 Å². The smallest absolute Gasteiger partial charge is 0.223 e. The van der Waals surface area contributed by atoms with Gasteiger partial charge in [-0.15, -0.1) is 0 Å². The van der Waals surface area contributed by atoms with Crippen LogP contribution in [0.15, 0.2) is 0 Å². The van der Waals surface area contributed by atoms with Crippen molar-refractivity contribution in [3.05, 3.63) is 0 Å². The average molecular weight is 248 g/mol. The van der Waals surface area contributed by atoms with Crippen LogP contribution in [0.5, 0.6) is 0 Å². The predicted octanol–water partition coefficient (Wildman–Crippen LogP) is 1.52. The SMILES string of the molecule is NC1CCCC1CNC(=O)C1C2C3CCC(C3)C12. The number of amides is 1. The minimum Gasteiger partial charge on any atom is -0.356 e. The highest BCUT2D eigenvalue weighted by Gasteiger charge is 2.67. The molecule has 0 aromatic heterocycles. The van der Waals surface area contributed by atoms with Gasteiger partial charge in [0.15, 0.2) is 0 Å². The molecule has 3 nitrogen and oxygen atoms in total. The third kappa shape index (κ3) is 1.56. The molecular weight excluding hydrogens is 224 g/mol. The van der Waals surface area contributed by atoms with Crippen LogP contribution in [0, 0.1) is 35.5 Å². The molecule has 0 aromatic carbocycles. The van der Waals surface area contributed by atoms with Crippen molar-refractivity contribution in [1.82, 2.24) is 5.32 Å². The molecule has 3 N–H and O–H groups in total. The van der Waals surface area contributed by atoms with Crippen LogP contribution in [-0.2, 0) is 4.79 Å². The largest absolute Gasteiger partial charge is 0.356 e. The Kier molecular flexibility index (Phi) is 2.48. The van der Waals surface area contributed by atoms with E-state index in [2.05, 4.69) is 5.32 Å². The van der Waals surface area contributed by atoms with E-state index < -0.39 is 0 Å². The molecule has 0 radical (unpaired) electrons. The van der Waals surface area contributed by atoms with E-state index in [-0.39, 0.29) is 0 Å². The summed E-state index contributed by atoms with van der Waals surface area (Å²) in [5.41, 5.74) is 6.05. The van der Waals surface area contributed by atoms with Gasteiger partial charge in [0.2, 0.25) is 5.91 Å². The minimum absolute atomic E-state index is 0.320. The van der Waals surface area contributed by atoms with Gasteiger partial charge >= 0.3 is 0 Å². The van der Waals surface area contributed by atoms with Crippen molar-refractivity contribution in [2.24, 2.45) is 41.2 Å². The van der Waals surface area contributed by atoms with Crippen molar-refractivity contribution in [3.8, 4) is 0 Å². The van der Waals surface area contributed by atoms with Gasteiger partial charge in [-0.1, -0.05) is 6.42 Å². The van der Waals surface area contributed by atoms with Gasteiger partial charge < -0.3 is 11.1 Å². The van der Waals surface area contributed by atoms with Crippen LogP contribution in [0.1, 0.15) is 38.5 Å². The maximum absolute atomic E-state index is 12.2. The molecule has 100 valence electrons. The number of hydrogen-bond donors (Lipinski definition) is 2. The van der Waals surface area contributed by atoms with Crippen LogP contribution in [0.2, 0.25) is 0 Å². The lowest BCUT2D eigenvalue weighted by Gasteiger charge is -2.16. The molecule has 1 amide bonds. The van der Waals surface area contributed by atoms with Crippen LogP contribution in [0.3, 0.4) is 0 Å². The average Bonchev–Trinajstić information content (AvgIpc) is 2.69. The molecular formula is C15H24N2O. The molecule has 0 spiro atoms. The first-order valence-electron chi connectivity index (χ1n) is 7.79. The van der Waals surface area contributed by atoms with Gasteiger partial charge in [0, 0.05) is 18.5 Å². The zero-order chi connectivity index (χ0) is 12.3. The Hall–Kier alpha value is -0.570. The summed E-state index contributed by atoms with van der Waals surface area (Å²) in [6.45, 7) is 0.825. The Morgan fingerprint density at radius 3 is 2.44 bits per heavy atom. The summed E-state index contributed by atoms with van der Waals surface area (Å²) >= 11 is 0. The quantitative estimate of drug-likeness (QED) is 0.795. The maximum atomic E-state index is 12.2. The molecule has 4 aliphatic rings. The molecule has 0 heterocycles. The van der Waals surface area contributed by atoms with Gasteiger partial charge in [-0.25, -0.2) is 0 Å². The Labute approximate surface area is 109 Å². The van der Waals surface area contributed by atoms with Crippen LogP contribution in [-0.4, -0.2) is 18.5 Å². The fraction of sp³-hybridized carbons (Fsp3) is 0.933. The Morgan fingerprint density at radius 1 is 1.11 bits per heavy atom. The molecule has 0 saturated heterocycles. The van der Waals surface area contributed by atoms with Crippen molar-refractivity contribution in [3.63, 3.8) is 0 Å². The first-order chi connectivity index (χ1) is 8.75. The van der Waals surface area contributed by atoms with Crippen molar-refractivity contribution in [1.29, 1.82) is 0 Å². The molecule has 6 atom stereocenters. The van der Waals surface area contributed by atoms with Gasteiger partial charge in [-0.2, -0.15) is 0 Å². The molecule has 4 rings (SSSR count). The summed E-state index contributed by atoms with van der Waals surface area (Å²) in [5.74, 6) is 4.58. The van der Waals surface area contributed by atoms with Crippen molar-refractivity contribution in [2.45, 2.75) is 44.6 Å². The molecule has 0 aromatic rings. The Bertz CT molecular complexity index is 354. The molecule has 2 bridgehead atoms. The lowest BCUT2D eigenvalue weighted by Crippen LogP contribution is -2.37. The highest BCUT2D eigenvalue weighted by molar-refractivity contribution is 5.82. The van der Waals surface area contributed by atoms with Crippen molar-refractivity contribution in [2.75, 3.05) is 6.54 Å². The number of nitrogens with one attached hydrogen (secondary N) is 1. The third-order valence-corrected chi connectivity index (χ3v) is 6.29. The minimum atomic E-state index is 0.320. The normalized spacial score (nSPS) is 52.4. The number of carbonyl (C=O) groups is 1. The summed E-state index contributed by atoms with van der Waals surface area (Å²) in [7, 11) is 0.